The maximum atomic E-state index is 12.6. The molecule has 0 unspecified atom stereocenters. The van der Waals surface area contributed by atoms with Crippen molar-refractivity contribution >= 4 is 5.97 Å². The van der Waals surface area contributed by atoms with E-state index in [1.54, 1.807) is 13.2 Å². The van der Waals surface area contributed by atoms with Crippen LogP contribution in [-0.4, -0.2) is 171 Å². The zero-order valence-electron chi connectivity index (χ0n) is 34.5. The lowest BCUT2D eigenvalue weighted by atomic mass is 9.43. The largest absolute Gasteiger partial charge is 0.458 e. The van der Waals surface area contributed by atoms with E-state index in [4.69, 9.17) is 37.9 Å². The van der Waals surface area contributed by atoms with Gasteiger partial charge in [-0.1, -0.05) is 13.8 Å². The molecule has 336 valence electrons. The molecule has 4 aliphatic carbocycles. The van der Waals surface area contributed by atoms with E-state index in [0.29, 0.717) is 24.9 Å². The number of carbonyl (C=O) groups excluding carboxylic acids is 1. The van der Waals surface area contributed by atoms with E-state index in [2.05, 4.69) is 13.8 Å². The van der Waals surface area contributed by atoms with E-state index in [9.17, 15) is 45.6 Å². The molecule has 17 nitrogen and oxygen atoms in total. The van der Waals surface area contributed by atoms with Crippen molar-refractivity contribution in [1.82, 2.24) is 0 Å². The number of hydrogen-bond acceptors (Lipinski definition) is 17. The van der Waals surface area contributed by atoms with Crippen LogP contribution in [0.25, 0.3) is 0 Å². The van der Waals surface area contributed by atoms with Gasteiger partial charge in [-0.25, -0.2) is 4.79 Å². The molecule has 3 saturated heterocycles. The number of aliphatic hydroxyl groups excluding tert-OH is 7. The molecule has 8 aliphatic rings. The lowest BCUT2D eigenvalue weighted by Crippen LogP contribution is -2.62. The van der Waals surface area contributed by atoms with E-state index in [1.165, 1.54) is 0 Å². The van der Waals surface area contributed by atoms with Crippen LogP contribution in [0.4, 0.5) is 0 Å². The Kier molecular flexibility index (Phi) is 12.7. The van der Waals surface area contributed by atoms with Crippen molar-refractivity contribution in [3.63, 3.8) is 0 Å². The van der Waals surface area contributed by atoms with Crippen LogP contribution in [0.5, 0.6) is 0 Å². The quantitative estimate of drug-likeness (QED) is 0.105. The molecule has 0 bridgehead atoms. The van der Waals surface area contributed by atoms with Crippen LogP contribution >= 0.6 is 0 Å². The van der Waals surface area contributed by atoms with Crippen molar-refractivity contribution in [1.29, 1.82) is 0 Å². The smallest absolute Gasteiger partial charge is 0.331 e. The van der Waals surface area contributed by atoms with E-state index in [-0.39, 0.29) is 48.0 Å². The molecular formula is C42H66O17. The number of cyclic esters (lactones) is 1. The van der Waals surface area contributed by atoms with Crippen molar-refractivity contribution in [2.24, 2.45) is 34.5 Å². The maximum absolute atomic E-state index is 12.6. The standard InChI is InChI=1S/C42H66O17/c1-19-37(59-39-36(49)34(47)32(45)28(58-39)18-53-17-27-31(44)33(46)35(48)38(50)57-27)26(52-4)15-30(55-19)56-22-7-10-40(2)21(14-22)5-6-25-24(40)8-11-41(3)23(9-12-42(25,41)51)20-13-29(43)54-16-20/h13,19,21-28,30-39,44-51H,5-12,14-18H2,1-4H3/t19-,21-,22+,23+,24+,25-,26+,27-,28-,30+,31-,32-,33+,34+,35-,36-,37-,38-,39+,40+,41-,42+/m1/s1. The van der Waals surface area contributed by atoms with Crippen molar-refractivity contribution < 1.29 is 83.5 Å². The number of methoxy groups -OCH3 is 1. The Labute approximate surface area is 344 Å². The summed E-state index contributed by atoms with van der Waals surface area (Å²) >= 11 is 0. The molecule has 0 amide bonds. The highest BCUT2D eigenvalue weighted by Crippen LogP contribution is 2.70. The predicted molar refractivity (Wildman–Crippen MR) is 202 cm³/mol. The molecular weight excluding hydrogens is 776 g/mol. The second kappa shape index (κ2) is 17.0. The fourth-order valence-electron chi connectivity index (χ4n) is 12.9. The minimum atomic E-state index is -1.74. The lowest BCUT2D eigenvalue weighted by Gasteiger charge is -2.64. The number of rotatable bonds is 10. The van der Waals surface area contributed by atoms with E-state index < -0.39 is 91.6 Å². The second-order valence-corrected chi connectivity index (χ2v) is 19.3. The molecule has 0 radical (unpaired) electrons. The topological polar surface area (TPSA) is 253 Å². The first-order valence-corrected chi connectivity index (χ1v) is 21.7. The van der Waals surface area contributed by atoms with E-state index in [1.807, 2.05) is 6.92 Å². The number of esters is 1. The molecule has 4 aliphatic heterocycles. The molecule has 17 heteroatoms. The average molecular weight is 843 g/mol. The van der Waals surface area contributed by atoms with Crippen molar-refractivity contribution in [3.05, 3.63) is 11.6 Å². The van der Waals surface area contributed by atoms with Crippen LogP contribution in [0.1, 0.15) is 85.0 Å². The number of hydrogen-bond donors (Lipinski definition) is 8. The van der Waals surface area contributed by atoms with Crippen molar-refractivity contribution in [2.45, 2.75) is 183 Å². The van der Waals surface area contributed by atoms with Gasteiger partial charge in [0.1, 0.15) is 61.5 Å². The van der Waals surface area contributed by atoms with Gasteiger partial charge in [0.2, 0.25) is 0 Å². The minimum absolute atomic E-state index is 0.0194. The highest BCUT2D eigenvalue weighted by atomic mass is 16.7. The summed E-state index contributed by atoms with van der Waals surface area (Å²) in [5.74, 6) is 0.973. The Morgan fingerprint density at radius 2 is 1.47 bits per heavy atom. The summed E-state index contributed by atoms with van der Waals surface area (Å²) in [6.07, 6.45) is -7.37. The Bertz CT molecular complexity index is 1530. The Balaban J connectivity index is 0.845. The SMILES string of the molecule is CO[C@H]1C[C@H](O[C@H]2CC[C@@]3(C)[C@H](CC[C@@H]4[C@@H]3CC[C@]3(C)[C@H](C5=CC(=O)OC5)CC[C@]43O)C2)O[C@H](C)[C@H]1O[C@@H]1O[C@H](COC[C@H]2O[C@@H](O)[C@H](O)[C@@H](O)[C@@H]2O)[C@@H](O)[C@H](O)[C@H]1O. The van der Waals surface area contributed by atoms with Gasteiger partial charge in [0.15, 0.2) is 18.9 Å². The van der Waals surface area contributed by atoms with Gasteiger partial charge in [-0.15, -0.1) is 0 Å². The molecule has 0 spiro atoms. The Morgan fingerprint density at radius 3 is 2.17 bits per heavy atom. The number of ether oxygens (including phenoxy) is 8. The van der Waals surface area contributed by atoms with Crippen molar-refractivity contribution in [3.8, 4) is 0 Å². The van der Waals surface area contributed by atoms with Crippen LogP contribution in [0.3, 0.4) is 0 Å². The first-order chi connectivity index (χ1) is 28.0. The molecule has 7 fully saturated rings. The zero-order chi connectivity index (χ0) is 42.2. The van der Waals surface area contributed by atoms with Gasteiger partial charge < -0.3 is 78.7 Å². The fraction of sp³-hybridized carbons (Fsp3) is 0.929. The normalized spacial score (nSPS) is 53.9. The van der Waals surface area contributed by atoms with Crippen LogP contribution in [0, 0.1) is 34.5 Å². The van der Waals surface area contributed by atoms with Gasteiger partial charge in [-0.3, -0.25) is 0 Å². The lowest BCUT2D eigenvalue weighted by molar-refractivity contribution is -0.347. The average Bonchev–Trinajstić information content (AvgIpc) is 3.76. The second-order valence-electron chi connectivity index (χ2n) is 19.3. The summed E-state index contributed by atoms with van der Waals surface area (Å²) in [7, 11) is 1.55. The molecule has 8 N–H and O–H groups in total. The van der Waals surface area contributed by atoms with Crippen molar-refractivity contribution in [2.75, 3.05) is 26.9 Å². The highest BCUT2D eigenvalue weighted by Gasteiger charge is 2.68. The Morgan fingerprint density at radius 1 is 0.763 bits per heavy atom. The van der Waals surface area contributed by atoms with Gasteiger partial charge in [0.25, 0.3) is 0 Å². The molecule has 0 aromatic carbocycles. The van der Waals surface area contributed by atoms with E-state index >= 15 is 0 Å². The third kappa shape index (κ3) is 7.75. The van der Waals surface area contributed by atoms with E-state index in [0.717, 1.165) is 63.4 Å². The minimum Gasteiger partial charge on any atom is -0.458 e. The third-order valence-corrected chi connectivity index (χ3v) is 16.4. The van der Waals surface area contributed by atoms with Crippen LogP contribution < -0.4 is 0 Å². The number of aliphatic hydroxyl groups is 8. The van der Waals surface area contributed by atoms with Gasteiger partial charge in [-0.05, 0) is 99.4 Å². The molecule has 4 heterocycles. The van der Waals surface area contributed by atoms with Crippen LogP contribution in [0.15, 0.2) is 11.6 Å². The summed E-state index contributed by atoms with van der Waals surface area (Å²) in [5, 5.41) is 84.6. The molecule has 4 saturated carbocycles. The van der Waals surface area contributed by atoms with Gasteiger partial charge in [-0.2, -0.15) is 0 Å². The van der Waals surface area contributed by atoms with Crippen LogP contribution in [-0.2, 0) is 42.7 Å². The van der Waals surface area contributed by atoms with Gasteiger partial charge in [0, 0.05) is 25.0 Å². The molecule has 59 heavy (non-hydrogen) atoms. The van der Waals surface area contributed by atoms with Gasteiger partial charge in [0.05, 0.1) is 37.1 Å². The Hall–Kier alpha value is -1.39. The first kappa shape index (κ1) is 44.2. The highest BCUT2D eigenvalue weighted by molar-refractivity contribution is 5.85. The molecule has 22 atom stereocenters. The summed E-state index contributed by atoms with van der Waals surface area (Å²) in [6.45, 7) is 6.14. The molecule has 0 aromatic rings. The maximum Gasteiger partial charge on any atom is 0.331 e. The fourth-order valence-corrected chi connectivity index (χ4v) is 12.9. The summed E-state index contributed by atoms with van der Waals surface area (Å²) in [6, 6.07) is 0. The summed E-state index contributed by atoms with van der Waals surface area (Å²) < 4.78 is 47.0. The number of carbonyl (C=O) groups is 1. The zero-order valence-corrected chi connectivity index (χ0v) is 34.5. The summed E-state index contributed by atoms with van der Waals surface area (Å²) in [5.41, 5.74) is 0.0880. The van der Waals surface area contributed by atoms with Crippen LogP contribution in [0.2, 0.25) is 0 Å². The summed E-state index contributed by atoms with van der Waals surface area (Å²) in [4.78, 5) is 12.0. The molecule has 8 rings (SSSR count). The monoisotopic (exact) mass is 842 g/mol. The predicted octanol–water partition coefficient (Wildman–Crippen LogP) is -0.212. The van der Waals surface area contributed by atoms with Gasteiger partial charge >= 0.3 is 5.97 Å². The number of fused-ring (bicyclic) bond motifs is 5. The molecule has 0 aromatic heterocycles. The third-order valence-electron chi connectivity index (χ3n) is 16.4. The first-order valence-electron chi connectivity index (χ1n) is 21.7.